The fraction of sp³-hybridized carbons (Fsp3) is 0.636. The Morgan fingerprint density at radius 2 is 1.67 bits per heavy atom. The first-order valence-electron chi connectivity index (χ1n) is 7.13. The second kappa shape index (κ2) is 14.2. The van der Waals surface area contributed by atoms with Gasteiger partial charge in [0.15, 0.2) is 13.5 Å². The zero-order valence-corrected chi connectivity index (χ0v) is 26.8. The van der Waals surface area contributed by atoms with Gasteiger partial charge < -0.3 is 42.5 Å². The molecule has 1 aromatic rings. The van der Waals surface area contributed by atoms with Crippen molar-refractivity contribution in [3.63, 3.8) is 0 Å². The van der Waals surface area contributed by atoms with Crippen LogP contribution >= 0.6 is 37.2 Å². The van der Waals surface area contributed by atoms with Crippen LogP contribution < -0.4 is 115 Å². The smallest absolute Gasteiger partial charge is 0.805 e. The first kappa shape index (κ1) is 34.8. The SMILES string of the molecule is CO[C@@H]1[C@@H](COP(=O)([O-])P(=O)([O-])[O-])OC(n2cc(I)c(=O)[nH]c2=O)[C@@H]1OC.[Na+].[Na+].[Na+]. The second-order valence-electron chi connectivity index (χ2n) is 5.34. The van der Waals surface area contributed by atoms with E-state index < -0.39 is 57.0 Å². The molecule has 0 spiro atoms. The molecule has 1 aromatic heterocycles. The number of nitrogens with zero attached hydrogens (tertiary/aromatic N) is 1. The van der Waals surface area contributed by atoms with E-state index in [1.165, 1.54) is 20.4 Å². The Bertz CT molecular complexity index is 909. The number of hydrogen-bond acceptors (Lipinski definition) is 11. The Balaban J connectivity index is 0. The summed E-state index contributed by atoms with van der Waals surface area (Å²) in [4.78, 5) is 58.4. The summed E-state index contributed by atoms with van der Waals surface area (Å²) in [5.74, 6) is 0. The number of H-pyrrole nitrogens is 1. The van der Waals surface area contributed by atoms with Gasteiger partial charge in [-0.2, -0.15) is 0 Å². The molecule has 0 bridgehead atoms. The molecule has 1 aliphatic rings. The fourth-order valence-corrected chi connectivity index (χ4v) is 4.03. The van der Waals surface area contributed by atoms with Crippen molar-refractivity contribution in [2.75, 3.05) is 20.8 Å². The van der Waals surface area contributed by atoms with Crippen LogP contribution in [0.2, 0.25) is 0 Å². The number of ether oxygens (including phenoxy) is 3. The summed E-state index contributed by atoms with van der Waals surface area (Å²) in [6, 6.07) is 0. The molecule has 1 aliphatic heterocycles. The maximum Gasteiger partial charge on any atom is 1.00 e. The van der Waals surface area contributed by atoms with Crippen molar-refractivity contribution in [2.45, 2.75) is 24.5 Å². The Labute approximate surface area is 250 Å². The molecule has 0 amide bonds. The molecule has 154 valence electrons. The normalized spacial score (nSPS) is 25.4. The summed E-state index contributed by atoms with van der Waals surface area (Å²) < 4.78 is 43.5. The molecular formula is C11H14IN2Na3O11P2. The van der Waals surface area contributed by atoms with Gasteiger partial charge in [0.05, 0.1) is 10.2 Å². The average Bonchev–Trinajstić information content (AvgIpc) is 2.92. The first-order valence-corrected chi connectivity index (χ1v) is 12.0. The van der Waals surface area contributed by atoms with E-state index in [1.54, 1.807) is 22.6 Å². The van der Waals surface area contributed by atoms with Gasteiger partial charge in [0, 0.05) is 27.7 Å². The Hall–Kier alpha value is 2.59. The molecule has 13 nitrogen and oxygen atoms in total. The predicted octanol–water partition coefficient (Wildman–Crippen LogP) is -11.5. The summed E-state index contributed by atoms with van der Waals surface area (Å²) in [5.41, 5.74) is -1.43. The molecule has 2 heterocycles. The molecule has 0 aromatic carbocycles. The molecule has 30 heavy (non-hydrogen) atoms. The van der Waals surface area contributed by atoms with Gasteiger partial charge in [0.2, 0.25) is 0 Å². The van der Waals surface area contributed by atoms with Crippen molar-refractivity contribution in [3.05, 3.63) is 30.6 Å². The minimum Gasteiger partial charge on any atom is -0.805 e. The van der Waals surface area contributed by atoms with Crippen LogP contribution in [-0.4, -0.2) is 48.7 Å². The number of halogens is 1. The molecule has 19 heteroatoms. The van der Waals surface area contributed by atoms with E-state index in [0.717, 1.165) is 4.57 Å². The van der Waals surface area contributed by atoms with Crippen LogP contribution in [0.4, 0.5) is 0 Å². The van der Waals surface area contributed by atoms with Crippen LogP contribution in [-0.2, 0) is 27.9 Å². The van der Waals surface area contributed by atoms with Crippen LogP contribution in [0.3, 0.4) is 0 Å². The Morgan fingerprint density at radius 3 is 2.13 bits per heavy atom. The minimum absolute atomic E-state index is 0. The quantitative estimate of drug-likeness (QED) is 0.176. The van der Waals surface area contributed by atoms with E-state index >= 15 is 0 Å². The van der Waals surface area contributed by atoms with Crippen molar-refractivity contribution in [1.82, 2.24) is 9.55 Å². The van der Waals surface area contributed by atoms with E-state index in [9.17, 15) is 33.4 Å². The Morgan fingerprint density at radius 1 is 1.13 bits per heavy atom. The summed E-state index contributed by atoms with van der Waals surface area (Å²) >= 11 is 1.69. The van der Waals surface area contributed by atoms with Gasteiger partial charge in [-0.15, -0.1) is 0 Å². The monoisotopic (exact) mass is 608 g/mol. The van der Waals surface area contributed by atoms with Crippen LogP contribution in [0, 0.1) is 3.57 Å². The largest absolute Gasteiger partial charge is 1.00 e. The molecule has 1 N–H and O–H groups in total. The zero-order chi connectivity index (χ0) is 20.6. The van der Waals surface area contributed by atoms with E-state index in [4.69, 9.17) is 14.2 Å². The van der Waals surface area contributed by atoms with E-state index in [2.05, 4.69) is 9.51 Å². The number of aromatic amines is 1. The van der Waals surface area contributed by atoms with Crippen molar-refractivity contribution < 1.29 is 131 Å². The third-order valence-electron chi connectivity index (χ3n) is 3.73. The molecule has 0 radical (unpaired) electrons. The summed E-state index contributed by atoms with van der Waals surface area (Å²) in [6.45, 7) is -0.862. The topological polar surface area (TPSA) is 195 Å². The van der Waals surface area contributed by atoms with Gasteiger partial charge in [0.1, 0.15) is 18.3 Å². The van der Waals surface area contributed by atoms with Gasteiger partial charge in [-0.05, 0) is 22.6 Å². The van der Waals surface area contributed by atoms with Gasteiger partial charge in [-0.3, -0.25) is 14.3 Å². The molecule has 5 atom stereocenters. The molecule has 2 rings (SSSR count). The van der Waals surface area contributed by atoms with Crippen LogP contribution in [0.1, 0.15) is 6.23 Å². The fourth-order valence-electron chi connectivity index (χ4n) is 2.49. The molecule has 0 aliphatic carbocycles. The zero-order valence-electron chi connectivity index (χ0n) is 16.8. The third kappa shape index (κ3) is 8.08. The number of aromatic nitrogens is 2. The van der Waals surface area contributed by atoms with Crippen molar-refractivity contribution in [1.29, 1.82) is 0 Å². The molecule has 2 unspecified atom stereocenters. The van der Waals surface area contributed by atoms with Crippen molar-refractivity contribution in [3.8, 4) is 0 Å². The number of nitrogens with one attached hydrogen (secondary N) is 1. The van der Waals surface area contributed by atoms with Crippen molar-refractivity contribution >= 4 is 37.2 Å². The van der Waals surface area contributed by atoms with Crippen LogP contribution in [0.15, 0.2) is 15.8 Å². The molecule has 1 saturated heterocycles. The van der Waals surface area contributed by atoms with E-state index in [1.807, 2.05) is 0 Å². The molecular weight excluding hydrogens is 594 g/mol. The second-order valence-corrected chi connectivity index (χ2v) is 11.6. The predicted molar refractivity (Wildman–Crippen MR) is 90.7 cm³/mol. The number of hydrogen-bond donors (Lipinski definition) is 1. The van der Waals surface area contributed by atoms with Gasteiger partial charge in [-0.25, -0.2) is 4.79 Å². The molecule has 1 fully saturated rings. The number of rotatable bonds is 7. The van der Waals surface area contributed by atoms with Gasteiger partial charge >= 0.3 is 94.4 Å². The summed E-state index contributed by atoms with van der Waals surface area (Å²) in [7, 11) is -9.20. The number of methoxy groups -OCH3 is 2. The summed E-state index contributed by atoms with van der Waals surface area (Å²) in [6.07, 6.45) is -3.07. The first-order chi connectivity index (χ1) is 12.4. The van der Waals surface area contributed by atoms with Crippen molar-refractivity contribution in [2.24, 2.45) is 0 Å². The maximum absolute atomic E-state index is 12.1. The van der Waals surface area contributed by atoms with Crippen LogP contribution in [0.25, 0.3) is 0 Å². The van der Waals surface area contributed by atoms with Crippen LogP contribution in [0.5, 0.6) is 0 Å². The van der Waals surface area contributed by atoms with Gasteiger partial charge in [-0.1, -0.05) is 0 Å². The Kier molecular flexibility index (Phi) is 16.5. The molecule has 0 saturated carbocycles. The summed E-state index contributed by atoms with van der Waals surface area (Å²) in [5, 5.41) is 0. The van der Waals surface area contributed by atoms with E-state index in [0.29, 0.717) is 0 Å². The minimum atomic E-state index is -6.01. The maximum atomic E-state index is 12.1. The third-order valence-corrected chi connectivity index (χ3v) is 7.72. The standard InChI is InChI=1S/C11H17IN2O11P2.3Na/c1-22-7-6(4-24-27(20,21)26(17,18)19)25-10(8(7)23-2)14-3-5(12)9(15)13-11(14)16;;;/h3,6-8,10H,4H2,1-2H3,(H,20,21)(H,13,15,16)(H2,17,18,19);;;/q;3*+1/p-3/t6-,7-,8-,10?;;;/m1.../s1. The van der Waals surface area contributed by atoms with E-state index in [-0.39, 0.29) is 92.2 Å². The van der Waals surface area contributed by atoms with Gasteiger partial charge in [0.25, 0.3) is 5.56 Å². The average molecular weight is 608 g/mol.